The fraction of sp³-hybridized carbons (Fsp3) is 0.667. The van der Waals surface area contributed by atoms with E-state index in [0.29, 0.717) is 39.1 Å². The van der Waals surface area contributed by atoms with Crippen LogP contribution in [0.2, 0.25) is 0 Å². The van der Waals surface area contributed by atoms with E-state index in [2.05, 4.69) is 17.0 Å². The van der Waals surface area contributed by atoms with Crippen LogP contribution in [0.3, 0.4) is 0 Å². The zero-order valence-electron chi connectivity index (χ0n) is 17.0. The summed E-state index contributed by atoms with van der Waals surface area (Å²) < 4.78 is 16.1. The van der Waals surface area contributed by atoms with Gasteiger partial charge in [-0.15, -0.1) is 0 Å². The van der Waals surface area contributed by atoms with Gasteiger partial charge >= 0.3 is 5.97 Å². The predicted molar refractivity (Wildman–Crippen MR) is 106 cm³/mol. The molecule has 0 aliphatic carbocycles. The summed E-state index contributed by atoms with van der Waals surface area (Å²) in [7, 11) is 0. The quantitative estimate of drug-likeness (QED) is 0.354. The third-order valence-electron chi connectivity index (χ3n) is 5.97. The molecule has 2 heterocycles. The number of likely N-dealkylation sites (tertiary alicyclic amines) is 1. The predicted octanol–water partition coefficient (Wildman–Crippen LogP) is 2.63. The lowest BCUT2D eigenvalue weighted by Crippen LogP contribution is -2.51. The Hall–Kier alpha value is -2.03. The van der Waals surface area contributed by atoms with Crippen LogP contribution < -0.4 is 0 Å². The van der Waals surface area contributed by atoms with Crippen molar-refractivity contribution in [2.24, 2.45) is 5.41 Å². The Balaban J connectivity index is 1.73. The number of carbonyl (C=O) groups is 1. The van der Waals surface area contributed by atoms with Crippen molar-refractivity contribution in [3.63, 3.8) is 0 Å². The SMILES string of the molecule is CCOC(=O)CC1(C(CC2OCCO2)[N+](=O)[O-])CCN(Cc2ccccc2)CC1. The molecule has 0 saturated carbocycles. The third-order valence-corrected chi connectivity index (χ3v) is 5.97. The molecule has 1 aromatic carbocycles. The molecular weight excluding hydrogens is 376 g/mol. The first-order valence-corrected chi connectivity index (χ1v) is 10.3. The average molecular weight is 406 g/mol. The second kappa shape index (κ2) is 10.1. The number of piperidine rings is 1. The Labute approximate surface area is 171 Å². The number of carbonyl (C=O) groups excluding carboxylic acids is 1. The van der Waals surface area contributed by atoms with Gasteiger partial charge in [-0.2, -0.15) is 0 Å². The van der Waals surface area contributed by atoms with Gasteiger partial charge in [-0.3, -0.25) is 19.8 Å². The first kappa shape index (κ1) is 21.7. The molecule has 0 aromatic heterocycles. The molecule has 1 atom stereocenters. The maximum atomic E-state index is 12.3. The van der Waals surface area contributed by atoms with Crippen LogP contribution in [0, 0.1) is 15.5 Å². The van der Waals surface area contributed by atoms with E-state index in [4.69, 9.17) is 14.2 Å². The van der Waals surface area contributed by atoms with Gasteiger partial charge < -0.3 is 14.2 Å². The van der Waals surface area contributed by atoms with E-state index < -0.39 is 17.7 Å². The number of benzene rings is 1. The number of rotatable bonds is 9. The molecule has 8 nitrogen and oxygen atoms in total. The molecule has 0 bridgehead atoms. The molecule has 0 radical (unpaired) electrons. The normalized spacial score (nSPS) is 21.0. The second-order valence-electron chi connectivity index (χ2n) is 7.81. The highest BCUT2D eigenvalue weighted by molar-refractivity contribution is 5.70. The van der Waals surface area contributed by atoms with Crippen molar-refractivity contribution >= 4 is 5.97 Å². The first-order valence-electron chi connectivity index (χ1n) is 10.3. The van der Waals surface area contributed by atoms with Crippen LogP contribution >= 0.6 is 0 Å². The summed E-state index contributed by atoms with van der Waals surface area (Å²) in [6.07, 6.45) is 0.768. The Morgan fingerprint density at radius 2 is 1.93 bits per heavy atom. The molecule has 3 rings (SSSR count). The first-order chi connectivity index (χ1) is 14.0. The molecule has 160 valence electrons. The lowest BCUT2D eigenvalue weighted by molar-refractivity contribution is -0.548. The molecule has 2 fully saturated rings. The van der Waals surface area contributed by atoms with E-state index in [9.17, 15) is 14.9 Å². The molecule has 2 aliphatic rings. The molecule has 0 N–H and O–H groups in total. The van der Waals surface area contributed by atoms with Crippen LogP contribution in [0.4, 0.5) is 0 Å². The minimum Gasteiger partial charge on any atom is -0.466 e. The van der Waals surface area contributed by atoms with Crippen molar-refractivity contribution in [1.29, 1.82) is 0 Å². The monoisotopic (exact) mass is 406 g/mol. The lowest BCUT2D eigenvalue weighted by Gasteiger charge is -2.42. The van der Waals surface area contributed by atoms with E-state index >= 15 is 0 Å². The summed E-state index contributed by atoms with van der Waals surface area (Å²) in [5, 5.41) is 12.0. The van der Waals surface area contributed by atoms with Gasteiger partial charge in [0.15, 0.2) is 6.29 Å². The highest BCUT2D eigenvalue weighted by Crippen LogP contribution is 2.42. The van der Waals surface area contributed by atoms with Gasteiger partial charge in [0.2, 0.25) is 6.04 Å². The third kappa shape index (κ3) is 5.74. The number of nitro groups is 1. The van der Waals surface area contributed by atoms with Gasteiger partial charge in [-0.1, -0.05) is 30.3 Å². The van der Waals surface area contributed by atoms with Crippen molar-refractivity contribution in [3.8, 4) is 0 Å². The van der Waals surface area contributed by atoms with Crippen LogP contribution in [0.5, 0.6) is 0 Å². The minimum atomic E-state index is -0.908. The lowest BCUT2D eigenvalue weighted by atomic mass is 9.69. The molecule has 29 heavy (non-hydrogen) atoms. The fourth-order valence-corrected chi connectivity index (χ4v) is 4.41. The summed E-state index contributed by atoms with van der Waals surface area (Å²) in [6, 6.07) is 9.25. The van der Waals surface area contributed by atoms with Crippen molar-refractivity contribution in [1.82, 2.24) is 4.90 Å². The number of hydrogen-bond acceptors (Lipinski definition) is 7. The number of esters is 1. The zero-order chi connectivity index (χ0) is 20.7. The van der Waals surface area contributed by atoms with E-state index in [1.807, 2.05) is 18.2 Å². The summed E-state index contributed by atoms with van der Waals surface area (Å²) in [6.45, 7) is 5.12. The van der Waals surface area contributed by atoms with Gasteiger partial charge in [-0.25, -0.2) is 0 Å². The standard InChI is InChI=1S/C21H30N2O6/c1-2-27-19(24)15-21(18(23(25)26)14-20-28-12-13-29-20)8-10-22(11-9-21)16-17-6-4-3-5-7-17/h3-7,18,20H,2,8-16H2,1H3. The molecular formula is C21H30N2O6. The zero-order valence-corrected chi connectivity index (χ0v) is 17.0. The van der Waals surface area contributed by atoms with Crippen LogP contribution in [0.15, 0.2) is 30.3 Å². The van der Waals surface area contributed by atoms with Gasteiger partial charge in [0, 0.05) is 11.5 Å². The van der Waals surface area contributed by atoms with Crippen molar-refractivity contribution in [3.05, 3.63) is 46.0 Å². The maximum Gasteiger partial charge on any atom is 0.306 e. The Morgan fingerprint density at radius 3 is 2.52 bits per heavy atom. The number of hydrogen-bond donors (Lipinski definition) is 0. The van der Waals surface area contributed by atoms with Gasteiger partial charge in [0.25, 0.3) is 0 Å². The summed E-state index contributed by atoms with van der Waals surface area (Å²) in [4.78, 5) is 26.4. The molecule has 0 spiro atoms. The summed E-state index contributed by atoms with van der Waals surface area (Å²) in [5.74, 6) is -0.371. The molecule has 2 aliphatic heterocycles. The Morgan fingerprint density at radius 1 is 1.28 bits per heavy atom. The molecule has 2 saturated heterocycles. The van der Waals surface area contributed by atoms with Gasteiger partial charge in [-0.05, 0) is 38.4 Å². The van der Waals surface area contributed by atoms with Crippen LogP contribution in [-0.2, 0) is 25.5 Å². The van der Waals surface area contributed by atoms with E-state index in [1.54, 1.807) is 6.92 Å². The molecule has 8 heteroatoms. The highest BCUT2D eigenvalue weighted by atomic mass is 16.7. The van der Waals surface area contributed by atoms with E-state index in [-0.39, 0.29) is 30.3 Å². The average Bonchev–Trinajstić information content (AvgIpc) is 3.22. The number of ether oxygens (including phenoxy) is 3. The van der Waals surface area contributed by atoms with Crippen LogP contribution in [0.25, 0.3) is 0 Å². The largest absolute Gasteiger partial charge is 0.466 e. The summed E-state index contributed by atoms with van der Waals surface area (Å²) in [5.41, 5.74) is 0.460. The fourth-order valence-electron chi connectivity index (χ4n) is 4.41. The van der Waals surface area contributed by atoms with Crippen LogP contribution in [0.1, 0.15) is 38.2 Å². The molecule has 1 aromatic rings. The topological polar surface area (TPSA) is 91.1 Å². The van der Waals surface area contributed by atoms with Crippen molar-refractivity contribution in [2.75, 3.05) is 32.9 Å². The van der Waals surface area contributed by atoms with Crippen molar-refractivity contribution in [2.45, 2.75) is 51.5 Å². The summed E-state index contributed by atoms with van der Waals surface area (Å²) >= 11 is 0. The van der Waals surface area contributed by atoms with Crippen molar-refractivity contribution < 1.29 is 23.9 Å². The molecule has 1 unspecified atom stereocenters. The second-order valence-corrected chi connectivity index (χ2v) is 7.81. The molecule has 0 amide bonds. The van der Waals surface area contributed by atoms with E-state index in [0.717, 1.165) is 6.54 Å². The Kier molecular flexibility index (Phi) is 7.57. The smallest absolute Gasteiger partial charge is 0.306 e. The minimum absolute atomic E-state index is 0.0540. The maximum absolute atomic E-state index is 12.3. The van der Waals surface area contributed by atoms with E-state index in [1.165, 1.54) is 5.56 Å². The van der Waals surface area contributed by atoms with Crippen LogP contribution in [-0.4, -0.2) is 61.0 Å². The highest BCUT2D eigenvalue weighted by Gasteiger charge is 2.51. The number of nitrogens with zero attached hydrogens (tertiary/aromatic N) is 2. The Bertz CT molecular complexity index is 669. The van der Waals surface area contributed by atoms with Gasteiger partial charge in [0.1, 0.15) is 0 Å². The van der Waals surface area contributed by atoms with Gasteiger partial charge in [0.05, 0.1) is 38.1 Å².